The Morgan fingerprint density at radius 3 is 2.71 bits per heavy atom. The number of aryl methyl sites for hydroxylation is 1. The molecular weight excluding hydrogens is 310 g/mol. The van der Waals surface area contributed by atoms with Gasteiger partial charge in [0.2, 0.25) is 0 Å². The summed E-state index contributed by atoms with van der Waals surface area (Å²) in [7, 11) is 0. The molecule has 0 saturated carbocycles. The molecule has 6 nitrogen and oxygen atoms in total. The summed E-state index contributed by atoms with van der Waals surface area (Å²) in [5.74, 6) is -0.274. The molecule has 0 bridgehead atoms. The Morgan fingerprint density at radius 2 is 2.00 bits per heavy atom. The number of benzene rings is 1. The Bertz CT molecular complexity index is 938. The van der Waals surface area contributed by atoms with Crippen LogP contribution >= 0.6 is 0 Å². The summed E-state index contributed by atoms with van der Waals surface area (Å²) in [5, 5.41) is 13.6. The normalized spacial score (nSPS) is 13.6. The van der Waals surface area contributed by atoms with Crippen LogP contribution in [-0.4, -0.2) is 17.6 Å². The molecule has 0 spiro atoms. The number of para-hydroxylation sites is 1. The van der Waals surface area contributed by atoms with Crippen molar-refractivity contribution in [3.8, 4) is 0 Å². The Labute approximate surface area is 137 Å². The van der Waals surface area contributed by atoms with Gasteiger partial charge in [-0.25, -0.2) is 4.79 Å². The quantitative estimate of drug-likeness (QED) is 0.718. The van der Waals surface area contributed by atoms with Crippen LogP contribution in [0.4, 0.5) is 0 Å². The van der Waals surface area contributed by atoms with Gasteiger partial charge in [-0.1, -0.05) is 18.2 Å². The molecule has 0 aliphatic heterocycles. The molecule has 0 saturated heterocycles. The maximum Gasteiger partial charge on any atom is 0.349 e. The van der Waals surface area contributed by atoms with Gasteiger partial charge in [-0.2, -0.15) is 0 Å². The van der Waals surface area contributed by atoms with Crippen LogP contribution in [0.5, 0.6) is 0 Å². The average Bonchev–Trinajstić information content (AvgIpc) is 3.08. The Hall–Kier alpha value is -2.86. The minimum absolute atomic E-state index is 0.0658. The van der Waals surface area contributed by atoms with Crippen LogP contribution < -0.4 is 10.9 Å². The molecule has 24 heavy (non-hydrogen) atoms. The van der Waals surface area contributed by atoms with Crippen molar-refractivity contribution < 1.29 is 18.7 Å². The van der Waals surface area contributed by atoms with E-state index >= 15 is 0 Å². The number of nitrogens with one attached hydrogen (secondary N) is 1. The molecule has 2 N–H and O–H groups in total. The fourth-order valence-electron chi connectivity index (χ4n) is 2.58. The van der Waals surface area contributed by atoms with Crippen LogP contribution in [0, 0.1) is 6.92 Å². The average molecular weight is 327 g/mol. The van der Waals surface area contributed by atoms with Crippen LogP contribution in [0.2, 0.25) is 0 Å². The molecule has 0 fully saturated rings. The van der Waals surface area contributed by atoms with E-state index < -0.39 is 17.1 Å². The van der Waals surface area contributed by atoms with Crippen LogP contribution in [0.1, 0.15) is 28.6 Å². The number of amides is 1. The topological polar surface area (TPSA) is 92.7 Å². The van der Waals surface area contributed by atoms with Gasteiger partial charge in [0, 0.05) is 5.39 Å². The largest absolute Gasteiger partial charge is 0.466 e. The Balaban J connectivity index is 1.88. The first-order chi connectivity index (χ1) is 11.4. The fraction of sp³-hybridized carbons (Fsp3) is 0.222. The van der Waals surface area contributed by atoms with Crippen LogP contribution in [0.25, 0.3) is 11.0 Å². The lowest BCUT2D eigenvalue weighted by molar-refractivity contribution is 0.0329. The van der Waals surface area contributed by atoms with E-state index in [1.165, 1.54) is 13.2 Å². The SMILES string of the molecule is Cc1c(C(=O)NCC(C)(O)c2ccco2)c(=O)oc2ccccc12. The third-order valence-corrected chi connectivity index (χ3v) is 3.95. The predicted octanol–water partition coefficient (Wildman–Crippen LogP) is 2.33. The maximum atomic E-state index is 12.4. The predicted molar refractivity (Wildman–Crippen MR) is 87.8 cm³/mol. The first-order valence-electron chi connectivity index (χ1n) is 7.47. The second-order valence-electron chi connectivity index (χ2n) is 5.82. The minimum atomic E-state index is -1.38. The summed E-state index contributed by atoms with van der Waals surface area (Å²) in [4.78, 5) is 24.6. The van der Waals surface area contributed by atoms with Gasteiger partial charge in [0.1, 0.15) is 22.5 Å². The van der Waals surface area contributed by atoms with Crippen LogP contribution in [0.15, 0.2) is 56.3 Å². The van der Waals surface area contributed by atoms with Crippen molar-refractivity contribution in [1.29, 1.82) is 0 Å². The highest BCUT2D eigenvalue weighted by Crippen LogP contribution is 2.21. The zero-order valence-corrected chi connectivity index (χ0v) is 13.3. The van der Waals surface area contributed by atoms with Crippen molar-refractivity contribution in [1.82, 2.24) is 5.32 Å². The van der Waals surface area contributed by atoms with Gasteiger partial charge >= 0.3 is 5.63 Å². The molecule has 1 amide bonds. The first kappa shape index (κ1) is 16.0. The number of furan rings is 1. The molecule has 124 valence electrons. The minimum Gasteiger partial charge on any atom is -0.466 e. The van der Waals surface area contributed by atoms with E-state index in [1.807, 2.05) is 0 Å². The van der Waals surface area contributed by atoms with Gasteiger partial charge in [-0.05, 0) is 37.6 Å². The number of aliphatic hydroxyl groups is 1. The monoisotopic (exact) mass is 327 g/mol. The number of hydrogen-bond donors (Lipinski definition) is 2. The molecule has 0 radical (unpaired) electrons. The highest BCUT2D eigenvalue weighted by atomic mass is 16.4. The number of carbonyl (C=O) groups excluding carboxylic acids is 1. The van der Waals surface area contributed by atoms with E-state index in [2.05, 4.69) is 5.32 Å². The summed E-state index contributed by atoms with van der Waals surface area (Å²) < 4.78 is 10.4. The number of fused-ring (bicyclic) bond motifs is 1. The summed E-state index contributed by atoms with van der Waals surface area (Å²) in [5.41, 5.74) is -1.19. The molecule has 3 aromatic rings. The smallest absolute Gasteiger partial charge is 0.349 e. The molecule has 0 aliphatic rings. The molecule has 1 atom stereocenters. The third kappa shape index (κ3) is 2.83. The van der Waals surface area contributed by atoms with E-state index in [0.717, 1.165) is 0 Å². The zero-order valence-electron chi connectivity index (χ0n) is 13.3. The second kappa shape index (κ2) is 5.98. The molecule has 3 rings (SSSR count). The van der Waals surface area contributed by atoms with Crippen molar-refractivity contribution in [2.45, 2.75) is 19.4 Å². The van der Waals surface area contributed by atoms with Crippen molar-refractivity contribution in [2.75, 3.05) is 6.54 Å². The molecule has 1 unspecified atom stereocenters. The maximum absolute atomic E-state index is 12.4. The van der Waals surface area contributed by atoms with Gasteiger partial charge in [-0.3, -0.25) is 4.79 Å². The van der Waals surface area contributed by atoms with Gasteiger partial charge in [0.05, 0.1) is 12.8 Å². The van der Waals surface area contributed by atoms with Crippen LogP contribution in [0.3, 0.4) is 0 Å². The molecule has 2 heterocycles. The summed E-state index contributed by atoms with van der Waals surface area (Å²) in [6, 6.07) is 10.3. The van der Waals surface area contributed by atoms with Gasteiger partial charge in [-0.15, -0.1) is 0 Å². The molecule has 2 aromatic heterocycles. The van der Waals surface area contributed by atoms with Gasteiger partial charge in [0.25, 0.3) is 5.91 Å². The lowest BCUT2D eigenvalue weighted by atomic mass is 10.0. The standard InChI is InChI=1S/C18H17NO5/c1-11-12-6-3-4-7-13(12)24-17(21)15(11)16(20)19-10-18(2,22)14-8-5-9-23-14/h3-9,22H,10H2,1-2H3,(H,19,20). The van der Waals surface area contributed by atoms with Crippen molar-refractivity contribution in [3.05, 3.63) is 70.0 Å². The highest BCUT2D eigenvalue weighted by molar-refractivity contribution is 5.99. The summed E-state index contributed by atoms with van der Waals surface area (Å²) in [6.07, 6.45) is 1.44. The number of carbonyl (C=O) groups is 1. The van der Waals surface area contributed by atoms with E-state index in [0.29, 0.717) is 22.3 Å². The van der Waals surface area contributed by atoms with Crippen molar-refractivity contribution >= 4 is 16.9 Å². The number of rotatable bonds is 4. The summed E-state index contributed by atoms with van der Waals surface area (Å²) in [6.45, 7) is 3.10. The van der Waals surface area contributed by atoms with Crippen molar-refractivity contribution in [2.24, 2.45) is 0 Å². The molecule has 1 aromatic carbocycles. The number of hydrogen-bond acceptors (Lipinski definition) is 5. The van der Waals surface area contributed by atoms with E-state index in [1.54, 1.807) is 43.3 Å². The third-order valence-electron chi connectivity index (χ3n) is 3.95. The Kier molecular flexibility index (Phi) is 3.99. The Morgan fingerprint density at radius 1 is 1.25 bits per heavy atom. The zero-order chi connectivity index (χ0) is 17.3. The van der Waals surface area contributed by atoms with E-state index in [-0.39, 0.29) is 12.1 Å². The van der Waals surface area contributed by atoms with Gasteiger partial charge in [0.15, 0.2) is 0 Å². The van der Waals surface area contributed by atoms with Crippen molar-refractivity contribution in [3.63, 3.8) is 0 Å². The molecular formula is C18H17NO5. The molecule has 6 heteroatoms. The highest BCUT2D eigenvalue weighted by Gasteiger charge is 2.28. The van der Waals surface area contributed by atoms with E-state index in [9.17, 15) is 14.7 Å². The first-order valence-corrected chi connectivity index (χ1v) is 7.47. The fourth-order valence-corrected chi connectivity index (χ4v) is 2.58. The second-order valence-corrected chi connectivity index (χ2v) is 5.82. The lowest BCUT2D eigenvalue weighted by Crippen LogP contribution is -2.40. The van der Waals surface area contributed by atoms with E-state index in [4.69, 9.17) is 8.83 Å². The lowest BCUT2D eigenvalue weighted by Gasteiger charge is -2.21. The van der Waals surface area contributed by atoms with Gasteiger partial charge < -0.3 is 19.3 Å². The molecule has 0 aliphatic carbocycles. The van der Waals surface area contributed by atoms with Crippen LogP contribution in [-0.2, 0) is 5.60 Å². The summed E-state index contributed by atoms with van der Waals surface area (Å²) >= 11 is 0.